The zero-order valence-electron chi connectivity index (χ0n) is 13.2. The number of rotatable bonds is 5. The molecule has 1 atom stereocenters. The van der Waals surface area contributed by atoms with Gasteiger partial charge >= 0.3 is 0 Å². The van der Waals surface area contributed by atoms with Gasteiger partial charge in [-0.15, -0.1) is 0 Å². The molecule has 0 aliphatic rings. The maximum atomic E-state index is 5.42. The van der Waals surface area contributed by atoms with E-state index in [1.807, 2.05) is 20.0 Å². The molecule has 0 aliphatic heterocycles. The van der Waals surface area contributed by atoms with Gasteiger partial charge in [-0.3, -0.25) is 0 Å². The molecule has 1 aromatic carbocycles. The van der Waals surface area contributed by atoms with Gasteiger partial charge in [0.25, 0.3) is 0 Å². The molecule has 0 fully saturated rings. The van der Waals surface area contributed by atoms with Crippen molar-refractivity contribution in [1.29, 1.82) is 0 Å². The summed E-state index contributed by atoms with van der Waals surface area (Å²) in [4.78, 5) is 0. The second-order valence-electron chi connectivity index (χ2n) is 6.01. The Kier molecular flexibility index (Phi) is 4.34. The Hall–Kier alpha value is -1.54. The van der Waals surface area contributed by atoms with Crippen LogP contribution in [0.15, 0.2) is 41.0 Å². The van der Waals surface area contributed by atoms with Crippen LogP contribution in [0.5, 0.6) is 0 Å². The van der Waals surface area contributed by atoms with E-state index >= 15 is 0 Å². The second kappa shape index (κ2) is 5.84. The van der Waals surface area contributed by atoms with Crippen molar-refractivity contribution < 1.29 is 4.42 Å². The van der Waals surface area contributed by atoms with Gasteiger partial charge in [0.1, 0.15) is 5.76 Å². The van der Waals surface area contributed by atoms with E-state index in [1.165, 1.54) is 16.7 Å². The zero-order valence-corrected chi connectivity index (χ0v) is 13.2. The molecule has 2 rings (SSSR count). The largest absolute Gasteiger partial charge is 0.469 e. The molecule has 0 aliphatic carbocycles. The van der Waals surface area contributed by atoms with Crippen molar-refractivity contribution in [3.8, 4) is 0 Å². The number of benzene rings is 1. The van der Waals surface area contributed by atoms with Crippen molar-refractivity contribution in [2.75, 3.05) is 7.05 Å². The molecular weight excluding hydrogens is 246 g/mol. The molecule has 1 N–H and O–H groups in total. The smallest absolute Gasteiger partial charge is 0.105 e. The summed E-state index contributed by atoms with van der Waals surface area (Å²) < 4.78 is 5.42. The number of furan rings is 1. The van der Waals surface area contributed by atoms with Crippen molar-refractivity contribution in [1.82, 2.24) is 5.32 Å². The summed E-state index contributed by atoms with van der Waals surface area (Å²) in [5.74, 6) is 0.974. The van der Waals surface area contributed by atoms with E-state index in [-0.39, 0.29) is 11.5 Å². The van der Waals surface area contributed by atoms with Crippen molar-refractivity contribution in [2.24, 2.45) is 0 Å². The molecule has 1 aromatic heterocycles. The molecule has 0 amide bonds. The Morgan fingerprint density at radius 2 is 1.80 bits per heavy atom. The summed E-state index contributed by atoms with van der Waals surface area (Å²) in [6.45, 7) is 8.82. The summed E-state index contributed by atoms with van der Waals surface area (Å²) in [6, 6.07) is 11.2. The lowest BCUT2D eigenvalue weighted by atomic mass is 9.81. The van der Waals surface area contributed by atoms with Gasteiger partial charge in [0, 0.05) is 5.56 Å². The molecule has 2 aromatic rings. The fraction of sp³-hybridized carbons (Fsp3) is 0.444. The van der Waals surface area contributed by atoms with Gasteiger partial charge in [0.05, 0.1) is 12.3 Å². The first-order valence-electron chi connectivity index (χ1n) is 7.31. The average Bonchev–Trinajstić information content (AvgIpc) is 2.87. The summed E-state index contributed by atoms with van der Waals surface area (Å²) in [7, 11) is 1.99. The Morgan fingerprint density at radius 1 is 1.15 bits per heavy atom. The molecule has 20 heavy (non-hydrogen) atoms. The highest BCUT2D eigenvalue weighted by atomic mass is 16.3. The molecule has 0 saturated carbocycles. The van der Waals surface area contributed by atoms with Crippen LogP contribution in [0.1, 0.15) is 55.7 Å². The summed E-state index contributed by atoms with van der Waals surface area (Å²) in [5, 5.41) is 3.37. The van der Waals surface area contributed by atoms with Crippen LogP contribution in [0, 0.1) is 6.92 Å². The van der Waals surface area contributed by atoms with E-state index in [1.54, 1.807) is 6.26 Å². The number of hydrogen-bond donors (Lipinski definition) is 1. The minimum atomic E-state index is 0.188. The Balaban J connectivity index is 2.31. The van der Waals surface area contributed by atoms with E-state index in [2.05, 4.69) is 50.4 Å². The molecule has 0 spiro atoms. The molecule has 1 unspecified atom stereocenters. The highest BCUT2D eigenvalue weighted by Gasteiger charge is 2.20. The highest BCUT2D eigenvalue weighted by Crippen LogP contribution is 2.30. The Labute approximate surface area is 122 Å². The van der Waals surface area contributed by atoms with Crippen molar-refractivity contribution >= 4 is 0 Å². The summed E-state index contributed by atoms with van der Waals surface area (Å²) in [6.07, 6.45) is 2.90. The fourth-order valence-electron chi connectivity index (χ4n) is 2.53. The standard InChI is InChI=1S/C18H25NO/c1-6-18(3,4)15-9-7-14(8-10-15)17(19-5)16-11-12-20-13(16)2/h7-12,17,19H,6H2,1-5H3. The third-order valence-electron chi connectivity index (χ3n) is 4.41. The van der Waals surface area contributed by atoms with Crippen LogP contribution in [-0.2, 0) is 5.41 Å². The molecule has 2 nitrogen and oxygen atoms in total. The van der Waals surface area contributed by atoms with Crippen LogP contribution < -0.4 is 5.32 Å². The maximum Gasteiger partial charge on any atom is 0.105 e. The molecule has 2 heteroatoms. The minimum absolute atomic E-state index is 0.188. The quantitative estimate of drug-likeness (QED) is 0.860. The molecular formula is C18H25NO. The second-order valence-corrected chi connectivity index (χ2v) is 6.01. The number of aryl methyl sites for hydroxylation is 1. The average molecular weight is 271 g/mol. The van der Waals surface area contributed by atoms with Crippen LogP contribution in [0.25, 0.3) is 0 Å². The van der Waals surface area contributed by atoms with E-state index in [0.29, 0.717) is 0 Å². The third kappa shape index (κ3) is 2.80. The van der Waals surface area contributed by atoms with E-state index in [0.717, 1.165) is 12.2 Å². The topological polar surface area (TPSA) is 25.2 Å². The molecule has 108 valence electrons. The van der Waals surface area contributed by atoms with E-state index in [9.17, 15) is 0 Å². The van der Waals surface area contributed by atoms with Crippen LogP contribution in [0.3, 0.4) is 0 Å². The van der Waals surface area contributed by atoms with E-state index < -0.39 is 0 Å². The molecule has 0 saturated heterocycles. The van der Waals surface area contributed by atoms with Gasteiger partial charge in [0.2, 0.25) is 0 Å². The normalized spacial score (nSPS) is 13.4. The number of hydrogen-bond acceptors (Lipinski definition) is 2. The SMILES string of the molecule is CCC(C)(C)c1ccc(C(NC)c2ccoc2C)cc1. The van der Waals surface area contributed by atoms with Gasteiger partial charge in [-0.1, -0.05) is 45.0 Å². The van der Waals surface area contributed by atoms with Gasteiger partial charge in [-0.05, 0) is 43.0 Å². The van der Waals surface area contributed by atoms with Crippen molar-refractivity contribution in [3.05, 3.63) is 59.0 Å². The summed E-state index contributed by atoms with van der Waals surface area (Å²) >= 11 is 0. The van der Waals surface area contributed by atoms with Crippen LogP contribution in [-0.4, -0.2) is 7.05 Å². The maximum absolute atomic E-state index is 5.42. The minimum Gasteiger partial charge on any atom is -0.469 e. The van der Waals surface area contributed by atoms with Crippen LogP contribution in [0.4, 0.5) is 0 Å². The summed E-state index contributed by atoms with van der Waals surface area (Å²) in [5.41, 5.74) is 4.10. The Bertz CT molecular complexity index is 551. The molecule has 0 radical (unpaired) electrons. The zero-order chi connectivity index (χ0) is 14.8. The van der Waals surface area contributed by atoms with Gasteiger partial charge in [0.15, 0.2) is 0 Å². The third-order valence-corrected chi connectivity index (χ3v) is 4.41. The molecule has 0 bridgehead atoms. The lowest BCUT2D eigenvalue weighted by Crippen LogP contribution is -2.19. The Morgan fingerprint density at radius 3 is 2.25 bits per heavy atom. The monoisotopic (exact) mass is 271 g/mol. The predicted molar refractivity (Wildman–Crippen MR) is 84.1 cm³/mol. The van der Waals surface area contributed by atoms with Crippen molar-refractivity contribution in [3.63, 3.8) is 0 Å². The van der Waals surface area contributed by atoms with Crippen LogP contribution >= 0.6 is 0 Å². The van der Waals surface area contributed by atoms with Gasteiger partial charge in [-0.2, -0.15) is 0 Å². The van der Waals surface area contributed by atoms with Gasteiger partial charge in [-0.25, -0.2) is 0 Å². The first kappa shape index (κ1) is 14.9. The molecule has 1 heterocycles. The predicted octanol–water partition coefficient (Wildman–Crippen LogP) is 4.58. The van der Waals surface area contributed by atoms with Gasteiger partial charge < -0.3 is 9.73 Å². The van der Waals surface area contributed by atoms with Crippen LogP contribution in [0.2, 0.25) is 0 Å². The highest BCUT2D eigenvalue weighted by molar-refractivity contribution is 5.36. The lowest BCUT2D eigenvalue weighted by Gasteiger charge is -2.24. The first-order valence-corrected chi connectivity index (χ1v) is 7.31. The van der Waals surface area contributed by atoms with Crippen molar-refractivity contribution in [2.45, 2.75) is 45.6 Å². The number of nitrogens with one attached hydrogen (secondary N) is 1. The fourth-order valence-corrected chi connectivity index (χ4v) is 2.53. The lowest BCUT2D eigenvalue weighted by molar-refractivity contribution is 0.505. The van der Waals surface area contributed by atoms with E-state index in [4.69, 9.17) is 4.42 Å². The first-order chi connectivity index (χ1) is 9.49.